The molecule has 2 aromatic rings. The molecule has 0 fully saturated rings. The van der Waals surface area contributed by atoms with Gasteiger partial charge in [0.1, 0.15) is 16.8 Å². The third kappa shape index (κ3) is 2.16. The first-order valence-corrected chi connectivity index (χ1v) is 6.98. The summed E-state index contributed by atoms with van der Waals surface area (Å²) in [5, 5.41) is 8.56. The number of halogens is 1. The van der Waals surface area contributed by atoms with Crippen LogP contribution in [0.15, 0.2) is 35.0 Å². The summed E-state index contributed by atoms with van der Waals surface area (Å²) in [6, 6.07) is 3.59. The number of hydrogen-bond acceptors (Lipinski definition) is 4. The second-order valence-corrected chi connectivity index (χ2v) is 5.44. The Morgan fingerprint density at radius 3 is 2.95 bits per heavy atom. The smallest absolute Gasteiger partial charge is 0.342 e. The van der Waals surface area contributed by atoms with Crippen molar-refractivity contribution in [3.63, 3.8) is 0 Å². The Balaban J connectivity index is 2.22. The van der Waals surface area contributed by atoms with Crippen LogP contribution in [0.1, 0.15) is 28.9 Å². The number of ether oxygens (including phenoxy) is 1. The molecule has 0 aromatic carbocycles. The molecule has 0 amide bonds. The molecule has 0 unspecified atom stereocenters. The molecule has 0 spiro atoms. The number of esters is 1. The highest BCUT2D eigenvalue weighted by molar-refractivity contribution is 9.11. The summed E-state index contributed by atoms with van der Waals surface area (Å²) >= 11 is 3.47. The van der Waals surface area contributed by atoms with Crippen LogP contribution in [-0.2, 0) is 4.74 Å². The predicted molar refractivity (Wildman–Crippen MR) is 78.5 cm³/mol. The molecule has 0 aliphatic heterocycles. The Hall–Kier alpha value is -1.95. The SMILES string of the molecule is COC(=O)c1c(C2=CC=C(Br)CC2)nn2ncccc12. The second-order valence-electron chi connectivity index (χ2n) is 4.42. The molecule has 5 nitrogen and oxygen atoms in total. The zero-order valence-electron chi connectivity index (χ0n) is 10.8. The number of hydrogen-bond donors (Lipinski definition) is 0. The van der Waals surface area contributed by atoms with Crippen molar-refractivity contribution in [1.29, 1.82) is 0 Å². The number of nitrogens with zero attached hydrogens (tertiary/aromatic N) is 3. The summed E-state index contributed by atoms with van der Waals surface area (Å²) < 4.78 is 7.49. The summed E-state index contributed by atoms with van der Waals surface area (Å²) in [4.78, 5) is 12.1. The summed E-state index contributed by atoms with van der Waals surface area (Å²) in [7, 11) is 1.37. The van der Waals surface area contributed by atoms with Gasteiger partial charge in [0.25, 0.3) is 0 Å². The van der Waals surface area contributed by atoms with Gasteiger partial charge in [-0.2, -0.15) is 9.73 Å². The van der Waals surface area contributed by atoms with Crippen LogP contribution in [0.5, 0.6) is 0 Å². The number of allylic oxidation sites excluding steroid dienone is 4. The van der Waals surface area contributed by atoms with Crippen molar-refractivity contribution < 1.29 is 9.53 Å². The van der Waals surface area contributed by atoms with Gasteiger partial charge in [0.15, 0.2) is 0 Å². The van der Waals surface area contributed by atoms with E-state index in [-0.39, 0.29) is 0 Å². The Morgan fingerprint density at radius 1 is 1.40 bits per heavy atom. The molecule has 0 saturated heterocycles. The quantitative estimate of drug-likeness (QED) is 0.793. The molecule has 3 rings (SSSR count). The van der Waals surface area contributed by atoms with E-state index in [2.05, 4.69) is 26.1 Å². The first kappa shape index (κ1) is 13.1. The number of carbonyl (C=O) groups excluding carboxylic acids is 1. The van der Waals surface area contributed by atoms with Crippen molar-refractivity contribution in [3.8, 4) is 0 Å². The minimum absolute atomic E-state index is 0.391. The molecule has 20 heavy (non-hydrogen) atoms. The number of methoxy groups -OCH3 is 1. The van der Waals surface area contributed by atoms with Gasteiger partial charge < -0.3 is 4.74 Å². The molecule has 1 aliphatic rings. The van der Waals surface area contributed by atoms with Gasteiger partial charge in [-0.1, -0.05) is 28.1 Å². The van der Waals surface area contributed by atoms with E-state index < -0.39 is 5.97 Å². The van der Waals surface area contributed by atoms with Crippen molar-refractivity contribution >= 4 is 33.0 Å². The third-order valence-electron chi connectivity index (χ3n) is 3.21. The van der Waals surface area contributed by atoms with E-state index in [0.29, 0.717) is 16.8 Å². The molecule has 1 aliphatic carbocycles. The Morgan fingerprint density at radius 2 is 2.25 bits per heavy atom. The van der Waals surface area contributed by atoms with Gasteiger partial charge in [0.2, 0.25) is 0 Å². The Kier molecular flexibility index (Phi) is 3.40. The first-order valence-electron chi connectivity index (χ1n) is 6.18. The van der Waals surface area contributed by atoms with Gasteiger partial charge >= 0.3 is 5.97 Å². The fourth-order valence-corrected chi connectivity index (χ4v) is 2.56. The van der Waals surface area contributed by atoms with E-state index in [1.165, 1.54) is 11.7 Å². The summed E-state index contributed by atoms with van der Waals surface area (Å²) in [6.07, 6.45) is 7.31. The number of carbonyl (C=O) groups is 1. The van der Waals surface area contributed by atoms with Crippen LogP contribution >= 0.6 is 15.9 Å². The van der Waals surface area contributed by atoms with Crippen LogP contribution in [0.3, 0.4) is 0 Å². The lowest BCUT2D eigenvalue weighted by atomic mass is 9.99. The van der Waals surface area contributed by atoms with Crippen LogP contribution in [0.25, 0.3) is 11.1 Å². The van der Waals surface area contributed by atoms with Crippen LogP contribution < -0.4 is 0 Å². The van der Waals surface area contributed by atoms with Gasteiger partial charge in [-0.15, -0.1) is 5.10 Å². The molecule has 2 heterocycles. The summed E-state index contributed by atoms with van der Waals surface area (Å²) in [5.41, 5.74) is 2.79. The van der Waals surface area contributed by atoms with Crippen LogP contribution in [0.2, 0.25) is 0 Å². The monoisotopic (exact) mass is 333 g/mol. The lowest BCUT2D eigenvalue weighted by Crippen LogP contribution is -2.05. The lowest BCUT2D eigenvalue weighted by molar-refractivity contribution is 0.0602. The van der Waals surface area contributed by atoms with E-state index in [0.717, 1.165) is 22.9 Å². The minimum Gasteiger partial charge on any atom is -0.465 e. The molecule has 0 saturated carbocycles. The number of fused-ring (bicyclic) bond motifs is 1. The highest BCUT2D eigenvalue weighted by Crippen LogP contribution is 2.31. The van der Waals surface area contributed by atoms with Crippen molar-refractivity contribution in [2.24, 2.45) is 0 Å². The maximum absolute atomic E-state index is 12.1. The lowest BCUT2D eigenvalue weighted by Gasteiger charge is -2.10. The maximum Gasteiger partial charge on any atom is 0.342 e. The van der Waals surface area contributed by atoms with Crippen molar-refractivity contribution in [2.75, 3.05) is 7.11 Å². The van der Waals surface area contributed by atoms with Crippen LogP contribution in [0, 0.1) is 0 Å². The molecule has 0 radical (unpaired) electrons. The van der Waals surface area contributed by atoms with Gasteiger partial charge in [-0.3, -0.25) is 0 Å². The zero-order valence-corrected chi connectivity index (χ0v) is 12.4. The fourth-order valence-electron chi connectivity index (χ4n) is 2.23. The average Bonchev–Trinajstić information content (AvgIpc) is 2.86. The first-order chi connectivity index (χ1) is 9.70. The Bertz CT molecular complexity index is 746. The van der Waals surface area contributed by atoms with E-state index in [1.54, 1.807) is 12.3 Å². The molecule has 0 bridgehead atoms. The third-order valence-corrected chi connectivity index (χ3v) is 3.87. The molecular formula is C14H12BrN3O2. The molecular weight excluding hydrogens is 322 g/mol. The largest absolute Gasteiger partial charge is 0.465 e. The average molecular weight is 334 g/mol. The number of aromatic nitrogens is 3. The Labute approximate surface area is 124 Å². The van der Waals surface area contributed by atoms with Crippen molar-refractivity contribution in [3.05, 3.63) is 46.2 Å². The standard InChI is InChI=1S/C14H12BrN3O2/c1-20-14(19)12-11-3-2-8-16-18(11)17-13(12)9-4-6-10(15)7-5-9/h2-4,6,8H,5,7H2,1H3. The van der Waals surface area contributed by atoms with E-state index in [4.69, 9.17) is 4.74 Å². The highest BCUT2D eigenvalue weighted by atomic mass is 79.9. The van der Waals surface area contributed by atoms with Gasteiger partial charge in [-0.25, -0.2) is 4.79 Å². The topological polar surface area (TPSA) is 56.5 Å². The molecule has 102 valence electrons. The van der Waals surface area contributed by atoms with Crippen LogP contribution in [-0.4, -0.2) is 27.9 Å². The zero-order chi connectivity index (χ0) is 14.1. The normalized spacial score (nSPS) is 14.9. The minimum atomic E-state index is -0.391. The van der Waals surface area contributed by atoms with Crippen molar-refractivity contribution in [2.45, 2.75) is 12.8 Å². The number of rotatable bonds is 2. The second kappa shape index (κ2) is 5.20. The van der Waals surface area contributed by atoms with E-state index in [9.17, 15) is 4.79 Å². The molecule has 6 heteroatoms. The van der Waals surface area contributed by atoms with Gasteiger partial charge in [0.05, 0.1) is 7.11 Å². The summed E-state index contributed by atoms with van der Waals surface area (Å²) in [6.45, 7) is 0. The van der Waals surface area contributed by atoms with Gasteiger partial charge in [0, 0.05) is 6.20 Å². The summed E-state index contributed by atoms with van der Waals surface area (Å²) in [5.74, 6) is -0.391. The molecule has 2 aromatic heterocycles. The van der Waals surface area contributed by atoms with E-state index >= 15 is 0 Å². The predicted octanol–water partition coefficient (Wildman–Crippen LogP) is 2.97. The molecule has 0 N–H and O–H groups in total. The fraction of sp³-hybridized carbons (Fsp3) is 0.214. The molecule has 0 atom stereocenters. The van der Waals surface area contributed by atoms with Gasteiger partial charge in [-0.05, 0) is 35.0 Å². The maximum atomic E-state index is 12.1. The van der Waals surface area contributed by atoms with Crippen LogP contribution in [0.4, 0.5) is 0 Å². The van der Waals surface area contributed by atoms with Crippen molar-refractivity contribution in [1.82, 2.24) is 14.8 Å². The van der Waals surface area contributed by atoms with E-state index in [1.807, 2.05) is 18.2 Å². The highest BCUT2D eigenvalue weighted by Gasteiger charge is 2.23.